The Morgan fingerprint density at radius 1 is 1.00 bits per heavy atom. The lowest BCUT2D eigenvalue weighted by atomic mass is 9.74. The SMILES string of the molecule is O=C1CC/C=C\CN(c2ccccc2Cl)C(=O)[C@H]2N(CCO)C(=O)[C@@H]3[C@@H](C(=O)O[C@@H](c4ccccc4)CN1)[C@H]1C=C[C@]32O1. The first kappa shape index (κ1) is 29.1. The molecular weight excluding hydrogens is 574 g/mol. The minimum atomic E-state index is -1.44. The van der Waals surface area contributed by atoms with Crippen LogP contribution in [-0.4, -0.2) is 77.7 Å². The van der Waals surface area contributed by atoms with Crippen molar-refractivity contribution in [1.82, 2.24) is 10.2 Å². The van der Waals surface area contributed by atoms with E-state index in [4.69, 9.17) is 21.1 Å². The van der Waals surface area contributed by atoms with E-state index in [2.05, 4.69) is 5.32 Å². The standard InChI is InChI=1S/C32H32ClN3O7/c33-21-11-6-7-12-22(21)35-16-8-2-5-13-25(38)34-19-24(20-9-3-1-4-10-20)42-31(41)26-23-14-15-32(43-23)27(26)29(39)36(17-18-37)28(32)30(35)40/h1-4,6-12,14-15,23-24,26-28,37H,5,13,16-19H2,(H,34,38)/b8-2-/t23-,24-,26+,27+,28-,32+/m1/s1. The molecule has 6 atom stereocenters. The van der Waals surface area contributed by atoms with E-state index < -0.39 is 53.5 Å². The second-order valence-corrected chi connectivity index (χ2v) is 11.4. The number of β-amino-alcohol motifs (C(OH)–C–C–N with tert-alkyl or cyclic N) is 1. The summed E-state index contributed by atoms with van der Waals surface area (Å²) in [5.74, 6) is -3.89. The fourth-order valence-electron chi connectivity index (χ4n) is 6.61. The van der Waals surface area contributed by atoms with Crippen molar-refractivity contribution in [1.29, 1.82) is 0 Å². The van der Waals surface area contributed by atoms with Crippen molar-refractivity contribution < 1.29 is 33.8 Å². The summed E-state index contributed by atoms with van der Waals surface area (Å²) in [5.41, 5.74) is -0.319. The zero-order chi connectivity index (χ0) is 30.1. The molecule has 4 heterocycles. The second kappa shape index (κ2) is 11.9. The summed E-state index contributed by atoms with van der Waals surface area (Å²) in [6.07, 6.45) is 6.00. The number of benzene rings is 2. The van der Waals surface area contributed by atoms with E-state index in [0.29, 0.717) is 22.7 Å². The molecule has 2 aromatic rings. The first-order valence-electron chi connectivity index (χ1n) is 14.4. The largest absolute Gasteiger partial charge is 0.455 e. The van der Waals surface area contributed by atoms with Gasteiger partial charge in [0.25, 0.3) is 5.91 Å². The van der Waals surface area contributed by atoms with Crippen LogP contribution in [0.1, 0.15) is 24.5 Å². The van der Waals surface area contributed by atoms with Crippen LogP contribution >= 0.6 is 11.6 Å². The third-order valence-corrected chi connectivity index (χ3v) is 8.86. The lowest BCUT2D eigenvalue weighted by Gasteiger charge is -2.36. The van der Waals surface area contributed by atoms with Gasteiger partial charge in [0, 0.05) is 19.5 Å². The predicted octanol–water partition coefficient (Wildman–Crippen LogP) is 2.57. The highest BCUT2D eigenvalue weighted by Gasteiger charge is 2.73. The molecule has 2 fully saturated rings. The number of carbonyl (C=O) groups is 4. The van der Waals surface area contributed by atoms with Gasteiger partial charge in [-0.25, -0.2) is 0 Å². The number of amides is 3. The van der Waals surface area contributed by atoms with Gasteiger partial charge in [-0.2, -0.15) is 0 Å². The number of para-hydroxylation sites is 1. The summed E-state index contributed by atoms with van der Waals surface area (Å²) in [5, 5.41) is 13.1. The molecule has 2 aromatic carbocycles. The maximum atomic E-state index is 14.5. The molecule has 5 bridgehead atoms. The van der Waals surface area contributed by atoms with Gasteiger partial charge in [-0.1, -0.05) is 78.4 Å². The number of nitrogens with zero attached hydrogens (tertiary/aromatic N) is 2. The van der Waals surface area contributed by atoms with Crippen molar-refractivity contribution in [3.05, 3.63) is 89.5 Å². The minimum absolute atomic E-state index is 0.0498. The Bertz CT molecular complexity index is 1480. The van der Waals surface area contributed by atoms with Gasteiger partial charge in [0.1, 0.15) is 23.7 Å². The van der Waals surface area contributed by atoms with Gasteiger partial charge in [-0.05, 0) is 24.1 Å². The molecule has 1 spiro atoms. The molecular formula is C32H32ClN3O7. The van der Waals surface area contributed by atoms with Crippen molar-refractivity contribution in [2.24, 2.45) is 11.8 Å². The first-order chi connectivity index (χ1) is 20.9. The Morgan fingerprint density at radius 3 is 2.53 bits per heavy atom. The third kappa shape index (κ3) is 5.13. The lowest BCUT2D eigenvalue weighted by molar-refractivity contribution is -0.159. The average molecular weight is 606 g/mol. The van der Waals surface area contributed by atoms with Crippen LogP contribution in [0.4, 0.5) is 5.69 Å². The Labute approximate surface area is 253 Å². The van der Waals surface area contributed by atoms with Crippen LogP contribution in [0.15, 0.2) is 78.9 Å². The molecule has 0 aromatic heterocycles. The Hall–Kier alpha value is -3.99. The topological polar surface area (TPSA) is 125 Å². The number of hydrogen-bond acceptors (Lipinski definition) is 7. The van der Waals surface area contributed by atoms with Crippen molar-refractivity contribution >= 4 is 41.0 Å². The van der Waals surface area contributed by atoms with E-state index in [1.807, 2.05) is 24.3 Å². The zero-order valence-electron chi connectivity index (χ0n) is 23.3. The second-order valence-electron chi connectivity index (χ2n) is 11.0. The highest BCUT2D eigenvalue weighted by atomic mass is 35.5. The molecule has 2 saturated heterocycles. The summed E-state index contributed by atoms with van der Waals surface area (Å²) >= 11 is 6.54. The molecule has 0 unspecified atom stereocenters. The Balaban J connectivity index is 1.43. The molecule has 4 aliphatic rings. The summed E-state index contributed by atoms with van der Waals surface area (Å²) in [6.45, 7) is -0.351. The molecule has 2 N–H and O–H groups in total. The van der Waals surface area contributed by atoms with Crippen LogP contribution in [0.2, 0.25) is 5.02 Å². The third-order valence-electron chi connectivity index (χ3n) is 8.54. The maximum absolute atomic E-state index is 14.5. The van der Waals surface area contributed by atoms with E-state index >= 15 is 0 Å². The molecule has 4 aliphatic heterocycles. The van der Waals surface area contributed by atoms with Crippen molar-refractivity contribution in [3.8, 4) is 0 Å². The Morgan fingerprint density at radius 2 is 1.77 bits per heavy atom. The molecule has 10 nitrogen and oxygen atoms in total. The number of carbonyl (C=O) groups excluding carboxylic acids is 4. The van der Waals surface area contributed by atoms with Gasteiger partial charge < -0.3 is 29.7 Å². The number of ether oxygens (including phenoxy) is 2. The first-order valence-corrected chi connectivity index (χ1v) is 14.7. The van der Waals surface area contributed by atoms with E-state index in [1.165, 1.54) is 9.80 Å². The number of allylic oxidation sites excluding steroid dienone is 1. The number of cyclic esters (lactones) is 1. The van der Waals surface area contributed by atoms with Crippen molar-refractivity contribution in [3.63, 3.8) is 0 Å². The van der Waals surface area contributed by atoms with Crippen LogP contribution in [0.3, 0.4) is 0 Å². The van der Waals surface area contributed by atoms with E-state index in [-0.39, 0.29) is 38.6 Å². The number of aliphatic hydroxyl groups excluding tert-OH is 1. The van der Waals surface area contributed by atoms with Gasteiger partial charge in [-0.3, -0.25) is 19.2 Å². The van der Waals surface area contributed by atoms with Crippen LogP contribution in [-0.2, 0) is 28.7 Å². The monoisotopic (exact) mass is 605 g/mol. The van der Waals surface area contributed by atoms with Crippen LogP contribution < -0.4 is 10.2 Å². The number of likely N-dealkylation sites (tertiary alicyclic amines) is 1. The molecule has 0 aliphatic carbocycles. The Kier molecular flexibility index (Phi) is 8.09. The number of fused-ring (bicyclic) bond motifs is 2. The van der Waals surface area contributed by atoms with E-state index in [1.54, 1.807) is 54.6 Å². The fourth-order valence-corrected chi connectivity index (χ4v) is 6.85. The van der Waals surface area contributed by atoms with Gasteiger partial charge in [-0.15, -0.1) is 0 Å². The smallest absolute Gasteiger partial charge is 0.313 e. The normalized spacial score (nSPS) is 31.6. The highest BCUT2D eigenvalue weighted by molar-refractivity contribution is 6.34. The highest BCUT2D eigenvalue weighted by Crippen LogP contribution is 2.56. The van der Waals surface area contributed by atoms with Gasteiger partial charge in [0.05, 0.1) is 35.9 Å². The van der Waals surface area contributed by atoms with Crippen LogP contribution in [0.5, 0.6) is 0 Å². The summed E-state index contributed by atoms with van der Waals surface area (Å²) < 4.78 is 12.4. The summed E-state index contributed by atoms with van der Waals surface area (Å²) in [7, 11) is 0. The minimum Gasteiger partial charge on any atom is -0.455 e. The van der Waals surface area contributed by atoms with Crippen molar-refractivity contribution in [2.45, 2.75) is 36.7 Å². The molecule has 224 valence electrons. The van der Waals surface area contributed by atoms with Crippen molar-refractivity contribution in [2.75, 3.05) is 31.1 Å². The van der Waals surface area contributed by atoms with Gasteiger partial charge >= 0.3 is 5.97 Å². The zero-order valence-corrected chi connectivity index (χ0v) is 24.1. The number of aliphatic hydroxyl groups is 1. The molecule has 0 saturated carbocycles. The molecule has 6 rings (SSSR count). The predicted molar refractivity (Wildman–Crippen MR) is 157 cm³/mol. The summed E-state index contributed by atoms with van der Waals surface area (Å²) in [6, 6.07) is 14.8. The van der Waals surface area contributed by atoms with Gasteiger partial charge in [0.15, 0.2) is 0 Å². The number of anilines is 1. The van der Waals surface area contributed by atoms with Crippen LogP contribution in [0, 0.1) is 11.8 Å². The number of halogens is 1. The molecule has 43 heavy (non-hydrogen) atoms. The fraction of sp³-hybridized carbons (Fsp3) is 0.375. The lowest BCUT2D eigenvalue weighted by Crippen LogP contribution is -2.56. The molecule has 3 amide bonds. The summed E-state index contributed by atoms with van der Waals surface area (Å²) in [4.78, 5) is 57.9. The quantitative estimate of drug-likeness (QED) is 0.405. The number of hydrogen-bond donors (Lipinski definition) is 2. The van der Waals surface area contributed by atoms with E-state index in [9.17, 15) is 24.3 Å². The number of nitrogens with one attached hydrogen (secondary N) is 1. The number of rotatable bonds is 4. The van der Waals surface area contributed by atoms with Crippen LogP contribution in [0.25, 0.3) is 0 Å². The number of esters is 1. The average Bonchev–Trinajstić information content (AvgIpc) is 3.65. The maximum Gasteiger partial charge on any atom is 0.313 e. The van der Waals surface area contributed by atoms with Gasteiger partial charge in [0.2, 0.25) is 11.8 Å². The van der Waals surface area contributed by atoms with E-state index in [0.717, 1.165) is 0 Å². The molecule has 11 heteroatoms. The molecule has 0 radical (unpaired) electrons.